The predicted octanol–water partition coefficient (Wildman–Crippen LogP) is 1.83. The van der Waals surface area contributed by atoms with Gasteiger partial charge in [-0.15, -0.1) is 0 Å². The summed E-state index contributed by atoms with van der Waals surface area (Å²) in [5.41, 5.74) is 1.85. The van der Waals surface area contributed by atoms with Gasteiger partial charge < -0.3 is 14.2 Å². The van der Waals surface area contributed by atoms with E-state index in [1.54, 1.807) is 0 Å². The Bertz CT molecular complexity index is 477. The molecule has 0 unspecified atom stereocenters. The normalized spacial score (nSPS) is 11.2. The van der Waals surface area contributed by atoms with Crippen molar-refractivity contribution in [1.29, 1.82) is 0 Å². The van der Waals surface area contributed by atoms with Gasteiger partial charge in [0.25, 0.3) is 0 Å². The average molecular weight is 220 g/mol. The van der Waals surface area contributed by atoms with Crippen LogP contribution in [0.5, 0.6) is 5.75 Å². The van der Waals surface area contributed by atoms with Crippen molar-refractivity contribution in [2.45, 2.75) is 19.8 Å². The first-order valence-electron chi connectivity index (χ1n) is 5.43. The van der Waals surface area contributed by atoms with E-state index in [-0.39, 0.29) is 6.61 Å². The lowest BCUT2D eigenvalue weighted by Gasteiger charge is -2.04. The highest BCUT2D eigenvalue weighted by Crippen LogP contribution is 2.21. The molecule has 0 radical (unpaired) electrons. The highest BCUT2D eigenvalue weighted by molar-refractivity contribution is 5.54. The molecular weight excluding hydrogens is 204 g/mol. The third-order valence-corrected chi connectivity index (χ3v) is 2.41. The first-order valence-corrected chi connectivity index (χ1v) is 5.43. The number of hydrogen-bond acceptors (Lipinski definition) is 3. The van der Waals surface area contributed by atoms with E-state index < -0.39 is 0 Å². The summed E-state index contributed by atoms with van der Waals surface area (Å²) in [5, 5.41) is 8.74. The minimum Gasteiger partial charge on any atom is -0.487 e. The molecule has 2 heterocycles. The first kappa shape index (κ1) is 11.0. The molecule has 4 heteroatoms. The molecule has 2 aromatic rings. The fourth-order valence-corrected chi connectivity index (χ4v) is 1.55. The topological polar surface area (TPSA) is 46.8 Å². The number of pyridine rings is 1. The Morgan fingerprint density at radius 2 is 2.31 bits per heavy atom. The Hall–Kier alpha value is -1.55. The van der Waals surface area contributed by atoms with Crippen LogP contribution in [0.4, 0.5) is 0 Å². The Kier molecular flexibility index (Phi) is 3.10. The molecule has 0 aliphatic heterocycles. The van der Waals surface area contributed by atoms with Gasteiger partial charge >= 0.3 is 0 Å². The molecule has 0 saturated heterocycles. The standard InChI is InChI=1S/C12H16N2O2/c1-9(2)10-8-14-5-3-4-11(12(14)13-10)16-7-6-15/h3-5,8-9,15H,6-7H2,1-2H3. The maximum Gasteiger partial charge on any atom is 0.179 e. The van der Waals surface area contributed by atoms with Gasteiger partial charge in [-0.3, -0.25) is 0 Å². The predicted molar refractivity (Wildman–Crippen MR) is 61.9 cm³/mol. The van der Waals surface area contributed by atoms with Crippen LogP contribution >= 0.6 is 0 Å². The first-order chi connectivity index (χ1) is 7.72. The van der Waals surface area contributed by atoms with Gasteiger partial charge in [-0.05, 0) is 18.1 Å². The molecule has 0 saturated carbocycles. The second kappa shape index (κ2) is 4.53. The number of rotatable bonds is 4. The van der Waals surface area contributed by atoms with Gasteiger partial charge in [0.2, 0.25) is 0 Å². The second-order valence-electron chi connectivity index (χ2n) is 4.00. The molecule has 0 aliphatic carbocycles. The van der Waals surface area contributed by atoms with E-state index in [9.17, 15) is 0 Å². The third kappa shape index (κ3) is 2.02. The summed E-state index contributed by atoms with van der Waals surface area (Å²) in [7, 11) is 0. The van der Waals surface area contributed by atoms with Crippen molar-refractivity contribution in [2.75, 3.05) is 13.2 Å². The van der Waals surface area contributed by atoms with E-state index in [0.717, 1.165) is 11.3 Å². The van der Waals surface area contributed by atoms with Crippen LogP contribution in [0.1, 0.15) is 25.5 Å². The van der Waals surface area contributed by atoms with Crippen LogP contribution in [0.25, 0.3) is 5.65 Å². The van der Waals surface area contributed by atoms with Crippen molar-refractivity contribution in [3.63, 3.8) is 0 Å². The summed E-state index contributed by atoms with van der Waals surface area (Å²) in [6, 6.07) is 3.77. The SMILES string of the molecule is CC(C)c1cn2cccc(OCCO)c2n1. The van der Waals surface area contributed by atoms with E-state index in [2.05, 4.69) is 18.8 Å². The molecule has 2 aromatic heterocycles. The van der Waals surface area contributed by atoms with E-state index in [4.69, 9.17) is 9.84 Å². The monoisotopic (exact) mass is 220 g/mol. The zero-order valence-electron chi connectivity index (χ0n) is 9.55. The van der Waals surface area contributed by atoms with Crippen LogP contribution in [0.15, 0.2) is 24.5 Å². The highest BCUT2D eigenvalue weighted by atomic mass is 16.5. The summed E-state index contributed by atoms with van der Waals surface area (Å²) < 4.78 is 7.37. The number of aliphatic hydroxyl groups excluding tert-OH is 1. The molecule has 4 nitrogen and oxygen atoms in total. The summed E-state index contributed by atoms with van der Waals surface area (Å²) >= 11 is 0. The van der Waals surface area contributed by atoms with Gasteiger partial charge in [0.15, 0.2) is 11.4 Å². The lowest BCUT2D eigenvalue weighted by molar-refractivity contribution is 0.202. The lowest BCUT2D eigenvalue weighted by Crippen LogP contribution is -2.02. The number of ether oxygens (including phenoxy) is 1. The average Bonchev–Trinajstić information content (AvgIpc) is 2.70. The summed E-state index contributed by atoms with van der Waals surface area (Å²) in [6.07, 6.45) is 3.95. The highest BCUT2D eigenvalue weighted by Gasteiger charge is 2.09. The van der Waals surface area contributed by atoms with Crippen LogP contribution in [-0.2, 0) is 0 Å². The summed E-state index contributed by atoms with van der Waals surface area (Å²) in [4.78, 5) is 4.52. The van der Waals surface area contributed by atoms with E-state index >= 15 is 0 Å². The van der Waals surface area contributed by atoms with Crippen molar-refractivity contribution in [1.82, 2.24) is 9.38 Å². The molecule has 0 fully saturated rings. The molecule has 0 aromatic carbocycles. The van der Waals surface area contributed by atoms with Crippen LogP contribution in [0.2, 0.25) is 0 Å². The Balaban J connectivity index is 2.41. The van der Waals surface area contributed by atoms with E-state index in [0.29, 0.717) is 18.3 Å². The summed E-state index contributed by atoms with van der Waals surface area (Å²) in [5.74, 6) is 1.11. The van der Waals surface area contributed by atoms with Gasteiger partial charge in [-0.2, -0.15) is 0 Å². The number of hydrogen-bond donors (Lipinski definition) is 1. The number of fused-ring (bicyclic) bond motifs is 1. The van der Waals surface area contributed by atoms with Gasteiger partial charge in [-0.25, -0.2) is 4.98 Å². The number of imidazole rings is 1. The molecule has 0 bridgehead atoms. The molecule has 86 valence electrons. The van der Waals surface area contributed by atoms with Crippen LogP contribution in [-0.4, -0.2) is 27.7 Å². The van der Waals surface area contributed by atoms with Crippen molar-refractivity contribution >= 4 is 5.65 Å². The Morgan fingerprint density at radius 1 is 1.50 bits per heavy atom. The number of aromatic nitrogens is 2. The smallest absolute Gasteiger partial charge is 0.179 e. The van der Waals surface area contributed by atoms with Gasteiger partial charge in [-0.1, -0.05) is 13.8 Å². The zero-order valence-corrected chi connectivity index (χ0v) is 9.55. The van der Waals surface area contributed by atoms with Crippen molar-refractivity contribution in [3.05, 3.63) is 30.2 Å². The fraction of sp³-hybridized carbons (Fsp3) is 0.417. The molecule has 0 spiro atoms. The van der Waals surface area contributed by atoms with Gasteiger partial charge in [0, 0.05) is 12.4 Å². The summed E-state index contributed by atoms with van der Waals surface area (Å²) in [6.45, 7) is 4.52. The molecule has 16 heavy (non-hydrogen) atoms. The number of nitrogens with zero attached hydrogens (tertiary/aromatic N) is 2. The zero-order chi connectivity index (χ0) is 11.5. The quantitative estimate of drug-likeness (QED) is 0.855. The second-order valence-corrected chi connectivity index (χ2v) is 4.00. The maximum absolute atomic E-state index is 8.74. The molecule has 0 atom stereocenters. The molecule has 0 aliphatic rings. The molecule has 2 rings (SSSR count). The molecule has 1 N–H and O–H groups in total. The lowest BCUT2D eigenvalue weighted by atomic mass is 10.2. The van der Waals surface area contributed by atoms with Crippen LogP contribution in [0.3, 0.4) is 0 Å². The Labute approximate surface area is 94.5 Å². The van der Waals surface area contributed by atoms with Gasteiger partial charge in [0.05, 0.1) is 12.3 Å². The van der Waals surface area contributed by atoms with Crippen molar-refractivity contribution in [3.8, 4) is 5.75 Å². The molecular formula is C12H16N2O2. The largest absolute Gasteiger partial charge is 0.487 e. The third-order valence-electron chi connectivity index (χ3n) is 2.41. The van der Waals surface area contributed by atoms with Crippen molar-refractivity contribution in [2.24, 2.45) is 0 Å². The Morgan fingerprint density at radius 3 is 3.00 bits per heavy atom. The maximum atomic E-state index is 8.74. The van der Waals surface area contributed by atoms with Crippen LogP contribution in [0, 0.1) is 0 Å². The fourth-order valence-electron chi connectivity index (χ4n) is 1.55. The number of aliphatic hydroxyl groups is 1. The minimum atomic E-state index is 0.0127. The van der Waals surface area contributed by atoms with Crippen LogP contribution < -0.4 is 4.74 Å². The van der Waals surface area contributed by atoms with E-state index in [1.165, 1.54) is 0 Å². The minimum absolute atomic E-state index is 0.0127. The van der Waals surface area contributed by atoms with Gasteiger partial charge in [0.1, 0.15) is 6.61 Å². The van der Waals surface area contributed by atoms with E-state index in [1.807, 2.05) is 28.9 Å². The molecule has 0 amide bonds. The van der Waals surface area contributed by atoms with Crippen molar-refractivity contribution < 1.29 is 9.84 Å².